The van der Waals surface area contributed by atoms with Crippen molar-refractivity contribution in [1.29, 1.82) is 0 Å². The van der Waals surface area contributed by atoms with Gasteiger partial charge in [-0.25, -0.2) is 14.4 Å². The van der Waals surface area contributed by atoms with E-state index in [4.69, 9.17) is 5.73 Å². The van der Waals surface area contributed by atoms with Crippen LogP contribution in [0.1, 0.15) is 6.92 Å². The normalized spacial score (nSPS) is 14.1. The summed E-state index contributed by atoms with van der Waals surface area (Å²) in [5, 5.41) is 0. The van der Waals surface area contributed by atoms with Crippen LogP contribution >= 0.6 is 0 Å². The van der Waals surface area contributed by atoms with Gasteiger partial charge in [0, 0.05) is 44.1 Å². The van der Waals surface area contributed by atoms with Crippen molar-refractivity contribution in [2.45, 2.75) is 6.92 Å². The molecule has 29 heavy (non-hydrogen) atoms. The van der Waals surface area contributed by atoms with E-state index in [1.54, 1.807) is 6.33 Å². The number of nitrogens with two attached hydrogens (primary N) is 1. The zero-order chi connectivity index (χ0) is 20.2. The number of piperazine rings is 1. The van der Waals surface area contributed by atoms with Crippen molar-refractivity contribution >= 4 is 28.7 Å². The Morgan fingerprint density at radius 2 is 1.59 bits per heavy atom. The minimum atomic E-state index is -0.215. The lowest BCUT2D eigenvalue weighted by molar-refractivity contribution is 0.624. The molecular formula is C22H25FN6. The maximum atomic E-state index is 13.2. The zero-order valence-corrected chi connectivity index (χ0v) is 16.5. The summed E-state index contributed by atoms with van der Waals surface area (Å²) in [5.74, 6) is 1.28. The monoisotopic (exact) mass is 392 g/mol. The van der Waals surface area contributed by atoms with Gasteiger partial charge in [-0.2, -0.15) is 0 Å². The van der Waals surface area contributed by atoms with Crippen LogP contribution in [-0.2, 0) is 0 Å². The van der Waals surface area contributed by atoms with Crippen molar-refractivity contribution in [3.63, 3.8) is 0 Å². The molecule has 2 N–H and O–H groups in total. The fourth-order valence-corrected chi connectivity index (χ4v) is 3.74. The third-order valence-corrected chi connectivity index (χ3v) is 5.25. The van der Waals surface area contributed by atoms with Crippen LogP contribution in [0, 0.1) is 5.82 Å². The van der Waals surface area contributed by atoms with Gasteiger partial charge < -0.3 is 20.4 Å². The molecular weight excluding hydrogens is 367 g/mol. The molecule has 2 heterocycles. The molecule has 0 aliphatic carbocycles. The predicted octanol–water partition coefficient (Wildman–Crippen LogP) is 3.68. The van der Waals surface area contributed by atoms with E-state index in [0.29, 0.717) is 5.69 Å². The number of nitrogens with zero attached hydrogens (tertiary/aromatic N) is 5. The molecule has 2 aromatic carbocycles. The molecule has 0 radical (unpaired) electrons. The van der Waals surface area contributed by atoms with Crippen molar-refractivity contribution in [3.8, 4) is 0 Å². The van der Waals surface area contributed by atoms with E-state index in [1.807, 2.05) is 42.5 Å². The van der Waals surface area contributed by atoms with Gasteiger partial charge >= 0.3 is 0 Å². The van der Waals surface area contributed by atoms with Crippen LogP contribution in [0.2, 0.25) is 0 Å². The molecule has 0 bridgehead atoms. The molecule has 1 aliphatic rings. The Balaban J connectivity index is 1.53. The van der Waals surface area contributed by atoms with E-state index >= 15 is 0 Å². The topological polar surface area (TPSA) is 61.5 Å². The first-order valence-corrected chi connectivity index (χ1v) is 9.86. The highest BCUT2D eigenvalue weighted by atomic mass is 19.1. The van der Waals surface area contributed by atoms with Crippen LogP contribution < -0.4 is 20.4 Å². The SMILES string of the molecule is CCN(c1ccccc1)c1ncnc(N2CCN(c3ccc(F)cc3)CC2)c1N. The second-order valence-corrected chi connectivity index (χ2v) is 6.96. The van der Waals surface area contributed by atoms with E-state index in [-0.39, 0.29) is 5.82 Å². The Hall–Kier alpha value is -3.35. The highest BCUT2D eigenvalue weighted by molar-refractivity contribution is 5.79. The van der Waals surface area contributed by atoms with Crippen molar-refractivity contribution in [2.75, 3.05) is 53.2 Å². The second-order valence-electron chi connectivity index (χ2n) is 6.96. The average Bonchev–Trinajstić information content (AvgIpc) is 2.77. The number of benzene rings is 2. The highest BCUT2D eigenvalue weighted by Crippen LogP contribution is 2.33. The van der Waals surface area contributed by atoms with Gasteiger partial charge in [0.05, 0.1) is 0 Å². The van der Waals surface area contributed by atoms with Gasteiger partial charge in [0.1, 0.15) is 17.8 Å². The number of aromatic nitrogens is 2. The standard InChI is InChI=1S/C22H25FN6/c1-2-29(19-6-4-3-5-7-19)22-20(24)21(25-16-26-22)28-14-12-27(13-15-28)18-10-8-17(23)9-11-18/h3-11,16H,2,12-15,24H2,1H3. The van der Waals surface area contributed by atoms with Crippen LogP contribution in [0.25, 0.3) is 0 Å². The molecule has 1 aromatic heterocycles. The molecule has 7 heteroatoms. The van der Waals surface area contributed by atoms with Gasteiger partial charge in [0.2, 0.25) is 0 Å². The molecule has 0 spiro atoms. The van der Waals surface area contributed by atoms with Gasteiger partial charge in [-0.15, -0.1) is 0 Å². The third kappa shape index (κ3) is 3.94. The fourth-order valence-electron chi connectivity index (χ4n) is 3.74. The highest BCUT2D eigenvalue weighted by Gasteiger charge is 2.23. The second kappa shape index (κ2) is 8.34. The van der Waals surface area contributed by atoms with Crippen molar-refractivity contribution in [3.05, 3.63) is 66.7 Å². The molecule has 3 aromatic rings. The van der Waals surface area contributed by atoms with E-state index in [0.717, 1.165) is 55.7 Å². The summed E-state index contributed by atoms with van der Waals surface area (Å²) in [6.07, 6.45) is 1.58. The maximum absolute atomic E-state index is 13.2. The quantitative estimate of drug-likeness (QED) is 0.715. The van der Waals surface area contributed by atoms with Crippen molar-refractivity contribution in [1.82, 2.24) is 9.97 Å². The lowest BCUT2D eigenvalue weighted by Crippen LogP contribution is -2.47. The van der Waals surface area contributed by atoms with Crippen LogP contribution in [0.15, 0.2) is 60.9 Å². The Bertz CT molecular complexity index is 939. The molecule has 6 nitrogen and oxygen atoms in total. The van der Waals surface area contributed by atoms with Crippen LogP contribution in [0.4, 0.5) is 33.1 Å². The summed E-state index contributed by atoms with van der Waals surface area (Å²) < 4.78 is 13.2. The molecule has 0 atom stereocenters. The summed E-state index contributed by atoms with van der Waals surface area (Å²) in [5.41, 5.74) is 9.20. The molecule has 150 valence electrons. The summed E-state index contributed by atoms with van der Waals surface area (Å²) in [4.78, 5) is 15.5. The van der Waals surface area contributed by atoms with Crippen molar-refractivity contribution < 1.29 is 4.39 Å². The number of anilines is 5. The minimum absolute atomic E-state index is 0.215. The van der Waals surface area contributed by atoms with Crippen molar-refractivity contribution in [2.24, 2.45) is 0 Å². The first-order chi connectivity index (χ1) is 14.2. The van der Waals surface area contributed by atoms with Gasteiger partial charge in [0.15, 0.2) is 11.6 Å². The summed E-state index contributed by atoms with van der Waals surface area (Å²) >= 11 is 0. The van der Waals surface area contributed by atoms with E-state index in [9.17, 15) is 4.39 Å². The summed E-state index contributed by atoms with van der Waals surface area (Å²) in [6, 6.07) is 16.7. The Labute approximate surface area is 170 Å². The van der Waals surface area contributed by atoms with Gasteiger partial charge in [-0.3, -0.25) is 0 Å². The Morgan fingerprint density at radius 3 is 2.24 bits per heavy atom. The molecule has 4 rings (SSSR count). The minimum Gasteiger partial charge on any atom is -0.393 e. The maximum Gasteiger partial charge on any atom is 0.161 e. The number of halogens is 1. The van der Waals surface area contributed by atoms with Gasteiger partial charge in [-0.1, -0.05) is 18.2 Å². The molecule has 1 saturated heterocycles. The van der Waals surface area contributed by atoms with Crippen LogP contribution in [-0.4, -0.2) is 42.7 Å². The number of hydrogen-bond donors (Lipinski definition) is 1. The number of hydrogen-bond acceptors (Lipinski definition) is 6. The number of nitrogen functional groups attached to an aromatic ring is 1. The summed E-state index contributed by atoms with van der Waals surface area (Å²) in [7, 11) is 0. The Kier molecular flexibility index (Phi) is 5.46. The smallest absolute Gasteiger partial charge is 0.161 e. The van der Waals surface area contributed by atoms with E-state index in [1.165, 1.54) is 12.1 Å². The van der Waals surface area contributed by atoms with E-state index in [2.05, 4.69) is 31.6 Å². The average molecular weight is 392 g/mol. The molecule has 1 fully saturated rings. The first kappa shape index (κ1) is 19.0. The lowest BCUT2D eigenvalue weighted by atomic mass is 10.2. The summed E-state index contributed by atoms with van der Waals surface area (Å²) in [6.45, 7) is 6.05. The largest absolute Gasteiger partial charge is 0.393 e. The third-order valence-electron chi connectivity index (χ3n) is 5.25. The fraction of sp³-hybridized carbons (Fsp3) is 0.273. The van der Waals surface area contributed by atoms with Crippen LogP contribution in [0.5, 0.6) is 0 Å². The molecule has 0 amide bonds. The van der Waals surface area contributed by atoms with E-state index < -0.39 is 0 Å². The zero-order valence-electron chi connectivity index (χ0n) is 16.5. The molecule has 1 aliphatic heterocycles. The Morgan fingerprint density at radius 1 is 0.931 bits per heavy atom. The first-order valence-electron chi connectivity index (χ1n) is 9.86. The van der Waals surface area contributed by atoms with Gasteiger partial charge in [-0.05, 0) is 43.3 Å². The molecule has 0 saturated carbocycles. The lowest BCUT2D eigenvalue weighted by Gasteiger charge is -2.37. The van der Waals surface area contributed by atoms with Crippen LogP contribution in [0.3, 0.4) is 0 Å². The molecule has 0 unspecified atom stereocenters. The number of rotatable bonds is 5. The number of para-hydroxylation sites is 1. The van der Waals surface area contributed by atoms with Gasteiger partial charge in [0.25, 0.3) is 0 Å². The predicted molar refractivity (Wildman–Crippen MR) is 116 cm³/mol.